The zero-order valence-corrected chi connectivity index (χ0v) is 15.1. The number of ether oxygens (including phenoxy) is 3. The lowest BCUT2D eigenvalue weighted by atomic mass is 10.2. The van der Waals surface area contributed by atoms with Crippen LogP contribution in [0.3, 0.4) is 0 Å². The van der Waals surface area contributed by atoms with E-state index in [-0.39, 0.29) is 12.7 Å². The molecule has 1 fully saturated rings. The summed E-state index contributed by atoms with van der Waals surface area (Å²) in [6.45, 7) is 2.32. The van der Waals surface area contributed by atoms with Gasteiger partial charge < -0.3 is 19.1 Å². The SMILES string of the molecule is COc1cc(/C=N\NC(=O)c2ccc(N3CCCC3)cc2)cc2c1OCO2. The van der Waals surface area contributed by atoms with Crippen LogP contribution in [0.5, 0.6) is 17.2 Å². The Morgan fingerprint density at radius 1 is 1.19 bits per heavy atom. The lowest BCUT2D eigenvalue weighted by Gasteiger charge is -2.17. The molecule has 2 aromatic rings. The first-order chi connectivity index (χ1) is 13.2. The number of hydrogen-bond donors (Lipinski definition) is 1. The number of carbonyl (C=O) groups is 1. The molecule has 0 saturated carbocycles. The van der Waals surface area contributed by atoms with E-state index in [1.165, 1.54) is 12.8 Å². The number of carbonyl (C=O) groups excluding carboxylic acids is 1. The fourth-order valence-corrected chi connectivity index (χ4v) is 3.25. The lowest BCUT2D eigenvalue weighted by molar-refractivity contribution is 0.0955. The van der Waals surface area contributed by atoms with Crippen LogP contribution in [0.1, 0.15) is 28.8 Å². The number of rotatable bonds is 5. The number of fused-ring (bicyclic) bond motifs is 1. The van der Waals surface area contributed by atoms with Crippen LogP contribution >= 0.6 is 0 Å². The predicted molar refractivity (Wildman–Crippen MR) is 102 cm³/mol. The first-order valence-corrected chi connectivity index (χ1v) is 8.90. The average molecular weight is 367 g/mol. The molecule has 0 aromatic heterocycles. The average Bonchev–Trinajstić information content (AvgIpc) is 3.39. The first-order valence-electron chi connectivity index (χ1n) is 8.90. The number of nitrogens with one attached hydrogen (secondary N) is 1. The van der Waals surface area contributed by atoms with E-state index in [0.29, 0.717) is 22.8 Å². The van der Waals surface area contributed by atoms with Crippen molar-refractivity contribution in [3.8, 4) is 17.2 Å². The summed E-state index contributed by atoms with van der Waals surface area (Å²) in [6.07, 6.45) is 3.99. The van der Waals surface area contributed by atoms with Crippen LogP contribution in [0.4, 0.5) is 5.69 Å². The van der Waals surface area contributed by atoms with Gasteiger partial charge in [-0.2, -0.15) is 5.10 Å². The first kappa shape index (κ1) is 17.2. The summed E-state index contributed by atoms with van der Waals surface area (Å²) in [7, 11) is 1.56. The number of anilines is 1. The smallest absolute Gasteiger partial charge is 0.271 e. The number of benzene rings is 2. The van der Waals surface area contributed by atoms with Gasteiger partial charge in [0.15, 0.2) is 11.5 Å². The maximum Gasteiger partial charge on any atom is 0.271 e. The second kappa shape index (κ2) is 7.57. The van der Waals surface area contributed by atoms with Crippen molar-refractivity contribution in [2.75, 3.05) is 31.9 Å². The van der Waals surface area contributed by atoms with Gasteiger partial charge in [0.05, 0.1) is 13.3 Å². The Bertz CT molecular complexity index is 858. The van der Waals surface area contributed by atoms with Crippen molar-refractivity contribution in [1.29, 1.82) is 0 Å². The zero-order valence-electron chi connectivity index (χ0n) is 15.1. The molecule has 1 saturated heterocycles. The van der Waals surface area contributed by atoms with E-state index >= 15 is 0 Å². The van der Waals surface area contributed by atoms with Crippen LogP contribution in [-0.4, -0.2) is 39.1 Å². The molecule has 0 bridgehead atoms. The maximum atomic E-state index is 12.3. The Labute approximate surface area is 157 Å². The summed E-state index contributed by atoms with van der Waals surface area (Å²) >= 11 is 0. The third-order valence-corrected chi connectivity index (χ3v) is 4.66. The Morgan fingerprint density at radius 2 is 1.96 bits per heavy atom. The Hall–Kier alpha value is -3.22. The van der Waals surface area contributed by atoms with E-state index in [0.717, 1.165) is 24.3 Å². The van der Waals surface area contributed by atoms with Gasteiger partial charge in [-0.1, -0.05) is 0 Å². The molecule has 2 aromatic carbocycles. The fourth-order valence-electron chi connectivity index (χ4n) is 3.25. The fraction of sp³-hybridized carbons (Fsp3) is 0.300. The highest BCUT2D eigenvalue weighted by Gasteiger charge is 2.19. The molecule has 0 radical (unpaired) electrons. The summed E-state index contributed by atoms with van der Waals surface area (Å²) in [5.74, 6) is 1.48. The minimum absolute atomic E-state index is 0.163. The molecule has 0 spiro atoms. The highest BCUT2D eigenvalue weighted by Crippen LogP contribution is 2.41. The van der Waals surface area contributed by atoms with Gasteiger partial charge in [-0.3, -0.25) is 4.79 Å². The van der Waals surface area contributed by atoms with Gasteiger partial charge in [0.1, 0.15) is 0 Å². The molecule has 0 unspecified atom stereocenters. The molecule has 7 nitrogen and oxygen atoms in total. The van der Waals surface area contributed by atoms with E-state index in [9.17, 15) is 4.79 Å². The van der Waals surface area contributed by atoms with Gasteiger partial charge in [-0.05, 0) is 49.2 Å². The second-order valence-electron chi connectivity index (χ2n) is 6.40. The Kier molecular flexibility index (Phi) is 4.82. The highest BCUT2D eigenvalue weighted by atomic mass is 16.7. The Morgan fingerprint density at radius 3 is 2.70 bits per heavy atom. The molecular weight excluding hydrogens is 346 g/mol. The van der Waals surface area contributed by atoms with Crippen molar-refractivity contribution in [2.24, 2.45) is 5.10 Å². The molecule has 1 amide bonds. The normalized spacial score (nSPS) is 15.4. The summed E-state index contributed by atoms with van der Waals surface area (Å²) in [4.78, 5) is 14.6. The van der Waals surface area contributed by atoms with E-state index < -0.39 is 0 Å². The molecule has 140 valence electrons. The summed E-state index contributed by atoms with van der Waals surface area (Å²) < 4.78 is 16.0. The van der Waals surface area contributed by atoms with Gasteiger partial charge >= 0.3 is 0 Å². The highest BCUT2D eigenvalue weighted by molar-refractivity contribution is 5.95. The number of amides is 1. The largest absolute Gasteiger partial charge is 0.493 e. The zero-order chi connectivity index (χ0) is 18.6. The monoisotopic (exact) mass is 367 g/mol. The second-order valence-corrected chi connectivity index (χ2v) is 6.40. The molecule has 2 aliphatic heterocycles. The summed E-state index contributed by atoms with van der Waals surface area (Å²) in [6, 6.07) is 11.2. The van der Waals surface area contributed by atoms with Crippen molar-refractivity contribution in [3.05, 3.63) is 47.5 Å². The molecule has 2 heterocycles. The molecule has 2 aliphatic rings. The molecule has 0 atom stereocenters. The van der Waals surface area contributed by atoms with E-state index in [1.54, 1.807) is 25.5 Å². The number of hydrazone groups is 1. The minimum atomic E-state index is -0.257. The van der Waals surface area contributed by atoms with E-state index in [1.807, 2.05) is 24.3 Å². The van der Waals surface area contributed by atoms with E-state index in [2.05, 4.69) is 15.4 Å². The standard InChI is InChI=1S/C20H21N3O4/c1-25-17-10-14(11-18-19(17)27-13-26-18)12-21-22-20(24)15-4-6-16(7-5-15)23-8-2-3-9-23/h4-7,10-12H,2-3,8-9,13H2,1H3,(H,22,24)/b21-12-. The predicted octanol–water partition coefficient (Wildman–Crippen LogP) is 2.79. The van der Waals surface area contributed by atoms with Crippen LogP contribution < -0.4 is 24.5 Å². The molecule has 1 N–H and O–H groups in total. The van der Waals surface area contributed by atoms with Crippen LogP contribution in [-0.2, 0) is 0 Å². The molecular formula is C20H21N3O4. The summed E-state index contributed by atoms with van der Waals surface area (Å²) in [5.41, 5.74) is 5.00. The maximum absolute atomic E-state index is 12.3. The van der Waals surface area contributed by atoms with Crippen LogP contribution in [0.15, 0.2) is 41.5 Å². The third-order valence-electron chi connectivity index (χ3n) is 4.66. The minimum Gasteiger partial charge on any atom is -0.493 e. The van der Waals surface area contributed by atoms with Crippen molar-refractivity contribution in [1.82, 2.24) is 5.43 Å². The van der Waals surface area contributed by atoms with Gasteiger partial charge in [0.2, 0.25) is 12.5 Å². The summed E-state index contributed by atoms with van der Waals surface area (Å²) in [5, 5.41) is 4.03. The topological polar surface area (TPSA) is 72.4 Å². The van der Waals surface area contributed by atoms with Crippen molar-refractivity contribution >= 4 is 17.8 Å². The van der Waals surface area contributed by atoms with Crippen LogP contribution in [0, 0.1) is 0 Å². The van der Waals surface area contributed by atoms with Crippen LogP contribution in [0.25, 0.3) is 0 Å². The molecule has 0 aliphatic carbocycles. The lowest BCUT2D eigenvalue weighted by Crippen LogP contribution is -2.19. The number of hydrogen-bond acceptors (Lipinski definition) is 6. The van der Waals surface area contributed by atoms with Gasteiger partial charge in [-0.25, -0.2) is 5.43 Å². The van der Waals surface area contributed by atoms with E-state index in [4.69, 9.17) is 14.2 Å². The van der Waals surface area contributed by atoms with Crippen molar-refractivity contribution < 1.29 is 19.0 Å². The third kappa shape index (κ3) is 3.67. The van der Waals surface area contributed by atoms with Crippen molar-refractivity contribution in [3.63, 3.8) is 0 Å². The number of nitrogens with zero attached hydrogens (tertiary/aromatic N) is 2. The Balaban J connectivity index is 1.40. The molecule has 4 rings (SSSR count). The van der Waals surface area contributed by atoms with Crippen LogP contribution in [0.2, 0.25) is 0 Å². The molecule has 7 heteroatoms. The van der Waals surface area contributed by atoms with Crippen molar-refractivity contribution in [2.45, 2.75) is 12.8 Å². The van der Waals surface area contributed by atoms with Gasteiger partial charge in [-0.15, -0.1) is 0 Å². The van der Waals surface area contributed by atoms with Gasteiger partial charge in [0, 0.05) is 29.9 Å². The quantitative estimate of drug-likeness (QED) is 0.650. The number of methoxy groups -OCH3 is 1. The van der Waals surface area contributed by atoms with Gasteiger partial charge in [0.25, 0.3) is 5.91 Å². The molecule has 27 heavy (non-hydrogen) atoms.